The molecule has 2 aromatic rings. The second-order valence-electron chi connectivity index (χ2n) is 6.94. The van der Waals surface area contributed by atoms with Gasteiger partial charge in [-0.1, -0.05) is 35.5 Å². The van der Waals surface area contributed by atoms with Crippen molar-refractivity contribution < 1.29 is 14.2 Å². The summed E-state index contributed by atoms with van der Waals surface area (Å²) in [5.74, 6) is 0. The summed E-state index contributed by atoms with van der Waals surface area (Å²) in [6.07, 6.45) is 4.21. The highest BCUT2D eigenvalue weighted by Gasteiger charge is 2.48. The minimum Gasteiger partial charge on any atom is -0.378 e. The number of aromatic nitrogens is 3. The number of benzene rings is 1. The zero-order valence-corrected chi connectivity index (χ0v) is 15.1. The number of rotatable bonds is 8. The average Bonchev–Trinajstić information content (AvgIpc) is 3.37. The van der Waals surface area contributed by atoms with Crippen LogP contribution in [0.1, 0.15) is 23.7 Å². The predicted molar refractivity (Wildman–Crippen MR) is 95.8 cm³/mol. The molecule has 0 bridgehead atoms. The molecule has 0 radical (unpaired) electrons. The zero-order valence-electron chi connectivity index (χ0n) is 15.1. The topological polar surface area (TPSA) is 70.4 Å². The van der Waals surface area contributed by atoms with Crippen molar-refractivity contribution in [1.82, 2.24) is 20.3 Å². The molecule has 0 amide bonds. The van der Waals surface area contributed by atoms with E-state index in [1.54, 1.807) is 7.11 Å². The van der Waals surface area contributed by atoms with Gasteiger partial charge in [-0.3, -0.25) is 0 Å². The lowest BCUT2D eigenvalue weighted by atomic mass is 10.1. The summed E-state index contributed by atoms with van der Waals surface area (Å²) in [6.45, 7) is 2.71. The van der Waals surface area contributed by atoms with Crippen molar-refractivity contribution in [2.24, 2.45) is 0 Å². The zero-order chi connectivity index (χ0) is 17.8. The van der Waals surface area contributed by atoms with E-state index in [-0.39, 0.29) is 24.3 Å². The molecule has 4 rings (SSSR count). The maximum atomic E-state index is 6.03. The molecular formula is C19H26N4O3. The van der Waals surface area contributed by atoms with Crippen LogP contribution in [0.3, 0.4) is 0 Å². The molecule has 2 aliphatic heterocycles. The van der Waals surface area contributed by atoms with E-state index < -0.39 is 0 Å². The Bertz CT molecular complexity index is 693. The fourth-order valence-electron chi connectivity index (χ4n) is 3.80. The van der Waals surface area contributed by atoms with E-state index in [1.165, 1.54) is 5.56 Å². The van der Waals surface area contributed by atoms with Crippen molar-refractivity contribution in [1.29, 1.82) is 0 Å². The summed E-state index contributed by atoms with van der Waals surface area (Å²) in [7, 11) is 1.65. The van der Waals surface area contributed by atoms with Crippen molar-refractivity contribution in [2.45, 2.75) is 43.7 Å². The summed E-state index contributed by atoms with van der Waals surface area (Å²) < 4.78 is 19.0. The van der Waals surface area contributed by atoms with Crippen molar-refractivity contribution in [2.75, 3.05) is 26.9 Å². The molecule has 140 valence electrons. The first-order chi connectivity index (χ1) is 12.8. The van der Waals surface area contributed by atoms with Gasteiger partial charge in [-0.15, -0.1) is 5.10 Å². The van der Waals surface area contributed by atoms with Crippen LogP contribution in [-0.2, 0) is 27.2 Å². The average molecular weight is 358 g/mol. The highest BCUT2D eigenvalue weighted by atomic mass is 16.6. The van der Waals surface area contributed by atoms with Crippen LogP contribution in [0.25, 0.3) is 0 Å². The monoisotopic (exact) mass is 358 g/mol. The van der Waals surface area contributed by atoms with Crippen molar-refractivity contribution in [3.63, 3.8) is 0 Å². The number of aryl methyl sites for hydroxylation is 1. The highest BCUT2D eigenvalue weighted by molar-refractivity contribution is 5.14. The minimum atomic E-state index is 0.0266. The number of hydrogen-bond acceptors (Lipinski definition) is 6. The summed E-state index contributed by atoms with van der Waals surface area (Å²) in [5.41, 5.74) is 2.20. The Kier molecular flexibility index (Phi) is 5.59. The van der Waals surface area contributed by atoms with Crippen LogP contribution in [0.5, 0.6) is 0 Å². The molecule has 4 atom stereocenters. The first kappa shape index (κ1) is 17.6. The lowest BCUT2D eigenvalue weighted by molar-refractivity contribution is 0.0620. The predicted octanol–water partition coefficient (Wildman–Crippen LogP) is 1.35. The molecule has 0 unspecified atom stereocenters. The van der Waals surface area contributed by atoms with Crippen LogP contribution in [-0.4, -0.2) is 60.1 Å². The van der Waals surface area contributed by atoms with E-state index in [0.717, 1.165) is 25.1 Å². The van der Waals surface area contributed by atoms with Crippen LogP contribution in [0.2, 0.25) is 0 Å². The molecule has 1 N–H and O–H groups in total. The second-order valence-corrected chi connectivity index (χ2v) is 6.94. The molecule has 2 saturated heterocycles. The molecule has 7 heteroatoms. The van der Waals surface area contributed by atoms with Gasteiger partial charge < -0.3 is 19.5 Å². The Hall–Kier alpha value is -1.80. The fourth-order valence-corrected chi connectivity index (χ4v) is 3.80. The number of methoxy groups -OCH3 is 1. The third-order valence-electron chi connectivity index (χ3n) is 5.11. The first-order valence-electron chi connectivity index (χ1n) is 9.25. The molecular weight excluding hydrogens is 332 g/mol. The molecule has 0 aliphatic carbocycles. The van der Waals surface area contributed by atoms with Gasteiger partial charge in [-0.25, -0.2) is 4.68 Å². The Morgan fingerprint density at radius 2 is 2.04 bits per heavy atom. The number of nitrogens with zero attached hydrogens (tertiary/aromatic N) is 3. The Labute approximate surface area is 153 Å². The van der Waals surface area contributed by atoms with Crippen molar-refractivity contribution >= 4 is 0 Å². The standard InChI is InChI=1S/C19H26N4O3/c1-24-11-15-10-23(22-21-15)17-13-26-18-16(12-25-19(17)18)20-9-5-8-14-6-3-2-4-7-14/h2-4,6-7,10,16-20H,5,8-9,11-13H2,1H3/t16-,17-,18+,19+/m0/s1. The Morgan fingerprint density at radius 1 is 1.19 bits per heavy atom. The van der Waals surface area contributed by atoms with Gasteiger partial charge in [0.1, 0.15) is 23.9 Å². The molecule has 2 fully saturated rings. The van der Waals surface area contributed by atoms with E-state index in [2.05, 4.69) is 46.0 Å². The van der Waals surface area contributed by atoms with E-state index >= 15 is 0 Å². The van der Waals surface area contributed by atoms with E-state index in [0.29, 0.717) is 19.8 Å². The smallest absolute Gasteiger partial charge is 0.110 e. The minimum absolute atomic E-state index is 0.0266. The SMILES string of the molecule is COCc1cn([C@H]2CO[C@H]3[C@@H]2OC[C@@H]3NCCCc2ccccc2)nn1. The molecule has 3 heterocycles. The van der Waals surface area contributed by atoms with Gasteiger partial charge in [-0.05, 0) is 24.9 Å². The molecule has 2 aliphatic rings. The van der Waals surface area contributed by atoms with Crippen LogP contribution in [0.4, 0.5) is 0 Å². The van der Waals surface area contributed by atoms with Gasteiger partial charge in [0.25, 0.3) is 0 Å². The molecule has 0 saturated carbocycles. The van der Waals surface area contributed by atoms with Crippen LogP contribution in [0.15, 0.2) is 36.5 Å². The third-order valence-corrected chi connectivity index (χ3v) is 5.11. The highest BCUT2D eigenvalue weighted by Crippen LogP contribution is 2.33. The fraction of sp³-hybridized carbons (Fsp3) is 0.579. The van der Waals surface area contributed by atoms with Crippen LogP contribution >= 0.6 is 0 Å². The largest absolute Gasteiger partial charge is 0.378 e. The molecule has 1 aromatic heterocycles. The summed E-state index contributed by atoms with van der Waals surface area (Å²) in [4.78, 5) is 0. The number of ether oxygens (including phenoxy) is 3. The molecule has 7 nitrogen and oxygen atoms in total. The number of hydrogen-bond donors (Lipinski definition) is 1. The Morgan fingerprint density at radius 3 is 2.88 bits per heavy atom. The normalized spacial score (nSPS) is 27.7. The third kappa shape index (κ3) is 3.81. The first-order valence-corrected chi connectivity index (χ1v) is 9.25. The van der Waals surface area contributed by atoms with E-state index in [9.17, 15) is 0 Å². The lowest BCUT2D eigenvalue weighted by Gasteiger charge is -2.17. The maximum Gasteiger partial charge on any atom is 0.110 e. The number of nitrogens with one attached hydrogen (secondary N) is 1. The molecule has 26 heavy (non-hydrogen) atoms. The quantitative estimate of drug-likeness (QED) is 0.719. The maximum absolute atomic E-state index is 6.03. The molecule has 1 aromatic carbocycles. The van der Waals surface area contributed by atoms with Crippen LogP contribution in [0, 0.1) is 0 Å². The summed E-state index contributed by atoms with van der Waals surface area (Å²) in [5, 5.41) is 12.0. The van der Waals surface area contributed by atoms with E-state index in [4.69, 9.17) is 14.2 Å². The van der Waals surface area contributed by atoms with Gasteiger partial charge in [0.2, 0.25) is 0 Å². The Balaban J connectivity index is 1.26. The lowest BCUT2D eigenvalue weighted by Crippen LogP contribution is -2.41. The number of fused-ring (bicyclic) bond motifs is 1. The second kappa shape index (κ2) is 8.26. The van der Waals surface area contributed by atoms with Gasteiger partial charge in [-0.2, -0.15) is 0 Å². The summed E-state index contributed by atoms with van der Waals surface area (Å²) in [6, 6.07) is 10.9. The summed E-state index contributed by atoms with van der Waals surface area (Å²) >= 11 is 0. The van der Waals surface area contributed by atoms with E-state index in [1.807, 2.05) is 10.9 Å². The van der Waals surface area contributed by atoms with Crippen LogP contribution < -0.4 is 5.32 Å². The van der Waals surface area contributed by atoms with Crippen molar-refractivity contribution in [3.8, 4) is 0 Å². The van der Waals surface area contributed by atoms with Gasteiger partial charge in [0.05, 0.1) is 32.1 Å². The molecule has 0 spiro atoms. The van der Waals surface area contributed by atoms with Gasteiger partial charge >= 0.3 is 0 Å². The van der Waals surface area contributed by atoms with Crippen molar-refractivity contribution in [3.05, 3.63) is 47.8 Å². The van der Waals surface area contributed by atoms with Gasteiger partial charge in [0, 0.05) is 7.11 Å². The van der Waals surface area contributed by atoms with Gasteiger partial charge in [0.15, 0.2) is 0 Å².